The van der Waals surface area contributed by atoms with Crippen LogP contribution in [0.15, 0.2) is 23.1 Å². The minimum atomic E-state index is -3.53. The first-order chi connectivity index (χ1) is 7.51. The molecule has 0 atom stereocenters. The van der Waals surface area contributed by atoms with Crippen molar-refractivity contribution in [1.29, 1.82) is 0 Å². The lowest BCUT2D eigenvalue weighted by molar-refractivity contribution is 0.413. The maximum absolute atomic E-state index is 12.0. The van der Waals surface area contributed by atoms with Gasteiger partial charge in [0.25, 0.3) is 0 Å². The zero-order valence-corrected chi connectivity index (χ0v) is 9.76. The van der Waals surface area contributed by atoms with Crippen molar-refractivity contribution in [3.63, 3.8) is 0 Å². The second-order valence-corrected chi connectivity index (χ2v) is 5.34. The van der Waals surface area contributed by atoms with E-state index in [1.165, 1.54) is 19.2 Å². The van der Waals surface area contributed by atoms with Gasteiger partial charge in [-0.3, -0.25) is 4.39 Å². The first-order valence-corrected chi connectivity index (χ1v) is 6.38. The molecule has 1 rings (SSSR count). The van der Waals surface area contributed by atoms with Gasteiger partial charge in [-0.1, -0.05) is 0 Å². The van der Waals surface area contributed by atoms with E-state index in [0.29, 0.717) is 5.75 Å². The molecule has 90 valence electrons. The number of methoxy groups -OCH3 is 1. The van der Waals surface area contributed by atoms with Gasteiger partial charge in [-0.15, -0.1) is 0 Å². The Morgan fingerprint density at radius 1 is 1.44 bits per heavy atom. The third kappa shape index (κ3) is 2.85. The Hall–Kier alpha value is -1.30. The van der Waals surface area contributed by atoms with Crippen molar-refractivity contribution < 1.29 is 17.5 Å². The molecule has 1 aromatic carbocycles. The van der Waals surface area contributed by atoms with Crippen molar-refractivity contribution in [3.05, 3.63) is 18.2 Å². The maximum atomic E-state index is 12.0. The first kappa shape index (κ1) is 12.8. The Bertz CT molecular complexity index is 459. The minimum Gasteiger partial charge on any atom is -0.497 e. The minimum absolute atomic E-state index is 0.000278. The second-order valence-electron chi connectivity index (χ2n) is 3.27. The lowest BCUT2D eigenvalue weighted by Gasteiger charge is -2.08. The van der Waals surface area contributed by atoms with Crippen molar-refractivity contribution in [2.24, 2.45) is 0 Å². The summed E-state index contributed by atoms with van der Waals surface area (Å²) in [5, 5.41) is 0. The highest BCUT2D eigenvalue weighted by Gasteiger charge is 2.18. The quantitative estimate of drug-likeness (QED) is 0.799. The van der Waals surface area contributed by atoms with Gasteiger partial charge in [-0.25, -0.2) is 8.42 Å². The van der Waals surface area contributed by atoms with Crippen LogP contribution in [0.3, 0.4) is 0 Å². The van der Waals surface area contributed by atoms with Gasteiger partial charge in [0.2, 0.25) is 0 Å². The van der Waals surface area contributed by atoms with Gasteiger partial charge in [0, 0.05) is 6.07 Å². The second kappa shape index (κ2) is 5.16. The molecule has 6 heteroatoms. The van der Waals surface area contributed by atoms with Crippen LogP contribution in [-0.4, -0.2) is 28.0 Å². The van der Waals surface area contributed by atoms with Gasteiger partial charge in [0.1, 0.15) is 5.75 Å². The number of sulfone groups is 1. The average Bonchev–Trinajstić information content (AvgIpc) is 2.27. The maximum Gasteiger partial charge on any atom is 0.180 e. The van der Waals surface area contributed by atoms with Gasteiger partial charge in [-0.05, 0) is 18.6 Å². The smallest absolute Gasteiger partial charge is 0.180 e. The molecule has 0 bridgehead atoms. The molecule has 0 saturated heterocycles. The Balaban J connectivity index is 3.11. The predicted octanol–water partition coefficient (Wildman–Crippen LogP) is 1.41. The molecule has 1 aromatic rings. The molecule has 0 spiro atoms. The normalized spacial score (nSPS) is 11.4. The number of hydrogen-bond acceptors (Lipinski definition) is 4. The lowest BCUT2D eigenvalue weighted by Crippen LogP contribution is -2.10. The van der Waals surface area contributed by atoms with E-state index in [-0.39, 0.29) is 22.8 Å². The molecule has 4 nitrogen and oxygen atoms in total. The van der Waals surface area contributed by atoms with E-state index in [1.54, 1.807) is 6.07 Å². The number of nitrogens with two attached hydrogens (primary N) is 1. The van der Waals surface area contributed by atoms with E-state index in [9.17, 15) is 12.8 Å². The number of halogens is 1. The predicted molar refractivity (Wildman–Crippen MR) is 60.1 cm³/mol. The highest BCUT2D eigenvalue weighted by atomic mass is 32.2. The van der Waals surface area contributed by atoms with E-state index < -0.39 is 16.5 Å². The largest absolute Gasteiger partial charge is 0.497 e. The summed E-state index contributed by atoms with van der Waals surface area (Å²) in [4.78, 5) is 0.000278. The fourth-order valence-corrected chi connectivity index (χ4v) is 2.70. The third-order valence-electron chi connectivity index (χ3n) is 2.10. The Morgan fingerprint density at radius 2 is 2.12 bits per heavy atom. The molecule has 0 aliphatic rings. The molecule has 0 aliphatic carbocycles. The Morgan fingerprint density at radius 3 is 2.69 bits per heavy atom. The molecular weight excluding hydrogens is 233 g/mol. The van der Waals surface area contributed by atoms with E-state index in [0.717, 1.165) is 0 Å². The molecular formula is C10H14FNO3S. The SMILES string of the molecule is COc1ccc(N)c(S(=O)(=O)CCCF)c1. The number of alkyl halides is 1. The number of rotatable bonds is 5. The van der Waals surface area contributed by atoms with Crippen molar-refractivity contribution in [1.82, 2.24) is 0 Å². The lowest BCUT2D eigenvalue weighted by atomic mass is 10.3. The van der Waals surface area contributed by atoms with Crippen molar-refractivity contribution >= 4 is 15.5 Å². The number of hydrogen-bond donors (Lipinski definition) is 1. The van der Waals surface area contributed by atoms with Crippen molar-refractivity contribution in [2.75, 3.05) is 25.3 Å². The fourth-order valence-electron chi connectivity index (χ4n) is 1.27. The zero-order valence-electron chi connectivity index (χ0n) is 8.94. The molecule has 2 N–H and O–H groups in total. The average molecular weight is 247 g/mol. The summed E-state index contributed by atoms with van der Waals surface area (Å²) in [5.41, 5.74) is 5.73. The van der Waals surface area contributed by atoms with E-state index in [4.69, 9.17) is 10.5 Å². The van der Waals surface area contributed by atoms with Gasteiger partial charge in [0.05, 0.1) is 30.1 Å². The van der Waals surface area contributed by atoms with Crippen LogP contribution in [0.25, 0.3) is 0 Å². The number of benzene rings is 1. The highest BCUT2D eigenvalue weighted by molar-refractivity contribution is 7.91. The van der Waals surface area contributed by atoms with E-state index in [2.05, 4.69) is 0 Å². The molecule has 0 heterocycles. The summed E-state index contributed by atoms with van der Waals surface area (Å²) in [6.07, 6.45) is -0.0288. The topological polar surface area (TPSA) is 69.4 Å². The van der Waals surface area contributed by atoms with Gasteiger partial charge >= 0.3 is 0 Å². The standard InChI is InChI=1S/C10H14FNO3S/c1-15-8-3-4-9(12)10(7-8)16(13,14)6-2-5-11/h3-4,7H,2,5-6,12H2,1H3. The fraction of sp³-hybridized carbons (Fsp3) is 0.400. The summed E-state index contributed by atoms with van der Waals surface area (Å²) >= 11 is 0. The molecule has 0 aromatic heterocycles. The summed E-state index contributed by atoms with van der Waals surface area (Å²) < 4.78 is 40.4. The number of ether oxygens (including phenoxy) is 1. The summed E-state index contributed by atoms with van der Waals surface area (Å²) in [5.74, 6) is 0.161. The molecule has 0 fully saturated rings. The molecule has 0 amide bonds. The summed E-state index contributed by atoms with van der Waals surface area (Å²) in [7, 11) is -2.10. The summed E-state index contributed by atoms with van der Waals surface area (Å²) in [6, 6.07) is 4.38. The highest BCUT2D eigenvalue weighted by Crippen LogP contribution is 2.25. The molecule has 0 radical (unpaired) electrons. The molecule has 0 aliphatic heterocycles. The molecule has 0 saturated carbocycles. The van der Waals surface area contributed by atoms with E-state index in [1.807, 2.05) is 0 Å². The number of nitrogen functional groups attached to an aromatic ring is 1. The summed E-state index contributed by atoms with van der Waals surface area (Å²) in [6.45, 7) is -0.664. The number of anilines is 1. The van der Waals surface area contributed by atoms with Crippen LogP contribution in [0, 0.1) is 0 Å². The van der Waals surface area contributed by atoms with Gasteiger partial charge < -0.3 is 10.5 Å². The van der Waals surface area contributed by atoms with Crippen LogP contribution in [0.5, 0.6) is 5.75 Å². The zero-order chi connectivity index (χ0) is 12.2. The molecule has 16 heavy (non-hydrogen) atoms. The van der Waals surface area contributed by atoms with Crippen LogP contribution in [0.1, 0.15) is 6.42 Å². The van der Waals surface area contributed by atoms with Crippen LogP contribution < -0.4 is 10.5 Å². The van der Waals surface area contributed by atoms with Crippen LogP contribution >= 0.6 is 0 Å². The molecule has 0 unspecified atom stereocenters. The Kier molecular flexibility index (Phi) is 4.12. The van der Waals surface area contributed by atoms with Gasteiger partial charge in [-0.2, -0.15) is 0 Å². The Labute approximate surface area is 94.1 Å². The van der Waals surface area contributed by atoms with Gasteiger partial charge in [0.15, 0.2) is 9.84 Å². The van der Waals surface area contributed by atoms with Crippen LogP contribution in [0.2, 0.25) is 0 Å². The van der Waals surface area contributed by atoms with Crippen molar-refractivity contribution in [3.8, 4) is 5.75 Å². The van der Waals surface area contributed by atoms with Crippen LogP contribution in [-0.2, 0) is 9.84 Å². The van der Waals surface area contributed by atoms with E-state index >= 15 is 0 Å². The monoisotopic (exact) mass is 247 g/mol. The van der Waals surface area contributed by atoms with Crippen molar-refractivity contribution in [2.45, 2.75) is 11.3 Å². The van der Waals surface area contributed by atoms with Crippen LogP contribution in [0.4, 0.5) is 10.1 Å². The third-order valence-corrected chi connectivity index (χ3v) is 3.95. The first-order valence-electron chi connectivity index (χ1n) is 4.73.